The fourth-order valence-electron chi connectivity index (χ4n) is 3.24. The average Bonchev–Trinajstić information content (AvgIpc) is 2.95. The lowest BCUT2D eigenvalue weighted by Gasteiger charge is -2.45. The van der Waals surface area contributed by atoms with E-state index in [-0.39, 0.29) is 23.9 Å². The molecule has 7 nitrogen and oxygen atoms in total. The third kappa shape index (κ3) is 4.13. The Morgan fingerprint density at radius 1 is 1.31 bits per heavy atom. The molecule has 2 amide bonds. The van der Waals surface area contributed by atoms with E-state index < -0.39 is 6.09 Å². The van der Waals surface area contributed by atoms with Crippen molar-refractivity contribution in [3.63, 3.8) is 0 Å². The van der Waals surface area contributed by atoms with Crippen molar-refractivity contribution in [2.24, 2.45) is 5.41 Å². The van der Waals surface area contributed by atoms with Gasteiger partial charge in [-0.25, -0.2) is 9.78 Å². The van der Waals surface area contributed by atoms with Gasteiger partial charge < -0.3 is 15.3 Å². The van der Waals surface area contributed by atoms with Gasteiger partial charge in [0.25, 0.3) is 0 Å². The third-order valence-corrected chi connectivity index (χ3v) is 5.57. The lowest BCUT2D eigenvalue weighted by Crippen LogP contribution is -2.60. The Bertz CT molecular complexity index is 781. The molecule has 0 radical (unpaired) electrons. The van der Waals surface area contributed by atoms with Crippen molar-refractivity contribution in [2.75, 3.05) is 31.5 Å². The molecule has 1 saturated heterocycles. The van der Waals surface area contributed by atoms with Crippen molar-refractivity contribution in [3.8, 4) is 0 Å². The van der Waals surface area contributed by atoms with Crippen molar-refractivity contribution < 1.29 is 14.7 Å². The van der Waals surface area contributed by atoms with Gasteiger partial charge in [-0.05, 0) is 17.5 Å². The molecule has 2 heterocycles. The van der Waals surface area contributed by atoms with E-state index in [1.807, 2.05) is 49.9 Å². The topological polar surface area (TPSA) is 85.8 Å². The largest absolute Gasteiger partial charge is 0.465 e. The number of carboxylic acid groups (broad SMARTS) is 1. The highest BCUT2D eigenvalue weighted by Gasteiger charge is 2.38. The van der Waals surface area contributed by atoms with Crippen LogP contribution in [0.1, 0.15) is 20.8 Å². The number of thiazole rings is 1. The Morgan fingerprint density at radius 3 is 2.69 bits per heavy atom. The summed E-state index contributed by atoms with van der Waals surface area (Å²) < 4.78 is 1.03. The van der Waals surface area contributed by atoms with Crippen molar-refractivity contribution in [1.82, 2.24) is 14.8 Å². The van der Waals surface area contributed by atoms with Crippen LogP contribution in [0.5, 0.6) is 0 Å². The summed E-state index contributed by atoms with van der Waals surface area (Å²) in [6.45, 7) is 7.81. The van der Waals surface area contributed by atoms with Crippen LogP contribution in [0.2, 0.25) is 0 Å². The number of nitrogens with one attached hydrogen (secondary N) is 1. The lowest BCUT2D eigenvalue weighted by molar-refractivity contribution is -0.118. The Kier molecular flexibility index (Phi) is 5.15. The van der Waals surface area contributed by atoms with Crippen LogP contribution in [0.25, 0.3) is 10.2 Å². The van der Waals surface area contributed by atoms with Crippen molar-refractivity contribution >= 4 is 38.7 Å². The number of amides is 2. The molecule has 1 aliphatic rings. The predicted octanol–water partition coefficient (Wildman–Crippen LogP) is 2.95. The fourth-order valence-corrected chi connectivity index (χ4v) is 4.12. The van der Waals surface area contributed by atoms with E-state index in [1.54, 1.807) is 0 Å². The molecule has 1 atom stereocenters. The Morgan fingerprint density at radius 2 is 2.04 bits per heavy atom. The number of hydrogen-bond donors (Lipinski definition) is 2. The molecule has 0 saturated carbocycles. The van der Waals surface area contributed by atoms with Crippen LogP contribution in [-0.2, 0) is 4.79 Å². The molecule has 26 heavy (non-hydrogen) atoms. The molecule has 2 aromatic rings. The van der Waals surface area contributed by atoms with E-state index in [0.717, 1.165) is 10.2 Å². The van der Waals surface area contributed by atoms with Crippen molar-refractivity contribution in [1.29, 1.82) is 0 Å². The molecule has 1 aliphatic heterocycles. The Labute approximate surface area is 156 Å². The first-order chi connectivity index (χ1) is 12.2. The molecule has 1 fully saturated rings. The number of aromatic nitrogens is 1. The van der Waals surface area contributed by atoms with Crippen molar-refractivity contribution in [3.05, 3.63) is 24.3 Å². The first kappa shape index (κ1) is 18.6. The summed E-state index contributed by atoms with van der Waals surface area (Å²) in [4.78, 5) is 31.8. The summed E-state index contributed by atoms with van der Waals surface area (Å²) in [5.41, 5.74) is 0.677. The highest BCUT2D eigenvalue weighted by atomic mass is 32.1. The van der Waals surface area contributed by atoms with Crippen LogP contribution < -0.4 is 5.32 Å². The maximum absolute atomic E-state index is 12.4. The summed E-state index contributed by atoms with van der Waals surface area (Å²) in [6, 6.07) is 7.61. The molecule has 0 aliphatic carbocycles. The van der Waals surface area contributed by atoms with Crippen LogP contribution in [0.15, 0.2) is 24.3 Å². The molecule has 0 spiro atoms. The van der Waals surface area contributed by atoms with Gasteiger partial charge in [0.15, 0.2) is 5.13 Å². The molecule has 0 bridgehead atoms. The zero-order valence-corrected chi connectivity index (χ0v) is 16.0. The van der Waals surface area contributed by atoms with E-state index >= 15 is 0 Å². The van der Waals surface area contributed by atoms with Gasteiger partial charge in [-0.1, -0.05) is 44.2 Å². The summed E-state index contributed by atoms with van der Waals surface area (Å²) in [6.07, 6.45) is -0.900. The quantitative estimate of drug-likeness (QED) is 0.860. The summed E-state index contributed by atoms with van der Waals surface area (Å²) >= 11 is 1.45. The summed E-state index contributed by atoms with van der Waals surface area (Å²) in [7, 11) is 0. The first-order valence-electron chi connectivity index (χ1n) is 8.61. The molecule has 2 N–H and O–H groups in total. The van der Waals surface area contributed by atoms with Crippen LogP contribution in [-0.4, -0.2) is 64.1 Å². The number of fused-ring (bicyclic) bond motifs is 1. The van der Waals surface area contributed by atoms with Gasteiger partial charge in [-0.3, -0.25) is 9.69 Å². The van der Waals surface area contributed by atoms with Crippen LogP contribution in [0.3, 0.4) is 0 Å². The SMILES string of the molecule is CC(C)(C)C1CN(CC(=O)Nc2nc3ccccc3s2)CCN1C(=O)O. The average molecular weight is 376 g/mol. The smallest absolute Gasteiger partial charge is 0.407 e. The van der Waals surface area contributed by atoms with Gasteiger partial charge in [0, 0.05) is 19.6 Å². The number of nitrogens with zero attached hydrogens (tertiary/aromatic N) is 3. The normalized spacial score (nSPS) is 18.9. The number of carbonyl (C=O) groups excluding carboxylic acids is 1. The number of benzene rings is 1. The molecule has 140 valence electrons. The predicted molar refractivity (Wildman–Crippen MR) is 103 cm³/mol. The maximum Gasteiger partial charge on any atom is 0.407 e. The highest BCUT2D eigenvalue weighted by molar-refractivity contribution is 7.22. The fraction of sp³-hybridized carbons (Fsp3) is 0.500. The second kappa shape index (κ2) is 7.20. The zero-order chi connectivity index (χ0) is 18.9. The van der Waals surface area contributed by atoms with Crippen LogP contribution in [0.4, 0.5) is 9.93 Å². The van der Waals surface area contributed by atoms with Gasteiger partial charge in [0.2, 0.25) is 5.91 Å². The molecule has 3 rings (SSSR count). The van der Waals surface area contributed by atoms with E-state index in [1.165, 1.54) is 16.2 Å². The molecular formula is C18H24N4O3S. The number of rotatable bonds is 3. The number of piperazine rings is 1. The van der Waals surface area contributed by atoms with Gasteiger partial charge in [0.05, 0.1) is 22.8 Å². The Hall–Kier alpha value is -2.19. The second-order valence-corrected chi connectivity index (χ2v) is 8.66. The minimum Gasteiger partial charge on any atom is -0.465 e. The summed E-state index contributed by atoms with van der Waals surface area (Å²) in [5, 5.41) is 12.9. The first-order valence-corrected chi connectivity index (χ1v) is 9.43. The highest BCUT2D eigenvalue weighted by Crippen LogP contribution is 2.28. The monoisotopic (exact) mass is 376 g/mol. The second-order valence-electron chi connectivity index (χ2n) is 7.63. The lowest BCUT2D eigenvalue weighted by atomic mass is 9.84. The maximum atomic E-state index is 12.4. The summed E-state index contributed by atoms with van der Waals surface area (Å²) in [5.74, 6) is -0.125. The molecular weight excluding hydrogens is 352 g/mol. The van der Waals surface area contributed by atoms with Gasteiger partial charge in [-0.15, -0.1) is 0 Å². The van der Waals surface area contributed by atoms with E-state index in [9.17, 15) is 14.7 Å². The molecule has 1 aromatic heterocycles. The minimum atomic E-state index is -0.900. The standard InChI is InChI=1S/C18H24N4O3S/c1-18(2,3)14-10-21(8-9-22(14)17(24)25)11-15(23)20-16-19-12-6-4-5-7-13(12)26-16/h4-7,14H,8-11H2,1-3H3,(H,24,25)(H,19,20,23). The van der Waals surface area contributed by atoms with Crippen LogP contribution >= 0.6 is 11.3 Å². The van der Waals surface area contributed by atoms with E-state index in [2.05, 4.69) is 10.3 Å². The van der Waals surface area contributed by atoms with Crippen molar-refractivity contribution in [2.45, 2.75) is 26.8 Å². The van der Waals surface area contributed by atoms with Gasteiger partial charge in [-0.2, -0.15) is 0 Å². The van der Waals surface area contributed by atoms with E-state index in [0.29, 0.717) is 24.8 Å². The van der Waals surface area contributed by atoms with Gasteiger partial charge in [0.1, 0.15) is 0 Å². The number of para-hydroxylation sites is 1. The number of hydrogen-bond acceptors (Lipinski definition) is 5. The minimum absolute atomic E-state index is 0.125. The molecule has 8 heteroatoms. The number of carbonyl (C=O) groups is 2. The zero-order valence-electron chi connectivity index (χ0n) is 15.2. The van der Waals surface area contributed by atoms with E-state index in [4.69, 9.17) is 0 Å². The Balaban J connectivity index is 1.63. The van der Waals surface area contributed by atoms with Crippen LogP contribution in [0, 0.1) is 5.41 Å². The number of anilines is 1. The third-order valence-electron chi connectivity index (χ3n) is 4.62. The molecule has 1 aromatic carbocycles. The molecule has 1 unspecified atom stereocenters. The van der Waals surface area contributed by atoms with Gasteiger partial charge >= 0.3 is 6.09 Å².